The number of aryl methyl sites for hydroxylation is 1. The summed E-state index contributed by atoms with van der Waals surface area (Å²) in [5.74, 6) is 1.10. The van der Waals surface area contributed by atoms with Gasteiger partial charge in [-0.05, 0) is 48.4 Å². The molecule has 1 heterocycles. The van der Waals surface area contributed by atoms with Gasteiger partial charge in [0.15, 0.2) is 0 Å². The van der Waals surface area contributed by atoms with Gasteiger partial charge in [0.1, 0.15) is 24.3 Å². The van der Waals surface area contributed by atoms with Crippen molar-refractivity contribution >= 4 is 11.6 Å². The number of nitrogens with one attached hydrogen (secondary N) is 2. The van der Waals surface area contributed by atoms with Crippen LogP contribution in [0.1, 0.15) is 27.0 Å². The predicted octanol–water partition coefficient (Wildman–Crippen LogP) is 5.09. The van der Waals surface area contributed by atoms with Crippen LogP contribution >= 0.6 is 0 Å². The lowest BCUT2D eigenvalue weighted by molar-refractivity contribution is 0.102. The first-order valence-electron chi connectivity index (χ1n) is 9.76. The Balaban J connectivity index is 1.43. The maximum absolute atomic E-state index is 12.7. The average molecular weight is 408 g/mol. The molecule has 31 heavy (non-hydrogen) atoms. The topological polar surface area (TPSA) is 90.8 Å². The number of anilines is 1. The molecule has 0 saturated heterocycles. The second kappa shape index (κ2) is 8.97. The lowest BCUT2D eigenvalue weighted by Crippen LogP contribution is -2.13. The Bertz CT molecular complexity index is 1240. The summed E-state index contributed by atoms with van der Waals surface area (Å²) in [4.78, 5) is 20.1. The van der Waals surface area contributed by atoms with E-state index in [0.717, 1.165) is 28.2 Å². The smallest absolute Gasteiger partial charge is 0.255 e. The van der Waals surface area contributed by atoms with E-state index < -0.39 is 0 Å². The van der Waals surface area contributed by atoms with Crippen LogP contribution in [0.25, 0.3) is 11.4 Å². The predicted molar refractivity (Wildman–Crippen MR) is 119 cm³/mol. The summed E-state index contributed by atoms with van der Waals surface area (Å²) in [6, 6.07) is 22.2. The van der Waals surface area contributed by atoms with Crippen LogP contribution in [0, 0.1) is 18.3 Å². The van der Waals surface area contributed by atoms with Gasteiger partial charge in [0, 0.05) is 29.2 Å². The number of imidazole rings is 1. The molecule has 0 fully saturated rings. The summed E-state index contributed by atoms with van der Waals surface area (Å²) in [5, 5.41) is 12.1. The maximum Gasteiger partial charge on any atom is 0.255 e. The van der Waals surface area contributed by atoms with Crippen LogP contribution in [0.2, 0.25) is 0 Å². The number of hydrogen-bond donors (Lipinski definition) is 2. The van der Waals surface area contributed by atoms with Gasteiger partial charge < -0.3 is 15.0 Å². The quantitative estimate of drug-likeness (QED) is 0.465. The van der Waals surface area contributed by atoms with Crippen LogP contribution in [0.4, 0.5) is 5.69 Å². The molecule has 0 spiro atoms. The van der Waals surface area contributed by atoms with Gasteiger partial charge in [0.05, 0.1) is 5.56 Å². The van der Waals surface area contributed by atoms with Gasteiger partial charge in [-0.3, -0.25) is 4.79 Å². The molecule has 0 aliphatic carbocycles. The first-order chi connectivity index (χ1) is 15.1. The lowest BCUT2D eigenvalue weighted by atomic mass is 10.1. The van der Waals surface area contributed by atoms with Crippen molar-refractivity contribution in [2.45, 2.75) is 13.5 Å². The molecule has 0 unspecified atom stereocenters. The molecule has 4 aromatic rings. The number of H-pyrrole nitrogens is 1. The highest BCUT2D eigenvalue weighted by Crippen LogP contribution is 2.24. The summed E-state index contributed by atoms with van der Waals surface area (Å²) in [6.45, 7) is 2.26. The maximum atomic E-state index is 12.7. The van der Waals surface area contributed by atoms with Crippen LogP contribution in [0.5, 0.6) is 5.75 Å². The monoisotopic (exact) mass is 408 g/mol. The van der Waals surface area contributed by atoms with Crippen LogP contribution in [0.3, 0.4) is 0 Å². The standard InChI is InChI=1S/C25H20N4O2/c1-17-6-9-20(24-27-12-13-28-24)14-22(17)29-25(30)19-10-7-18(8-11-19)16-31-23-5-3-2-4-21(23)15-26/h2-14H,16H2,1H3,(H,27,28)(H,29,30). The number of aromatic amines is 1. The lowest BCUT2D eigenvalue weighted by Gasteiger charge is -2.11. The molecule has 0 saturated carbocycles. The van der Waals surface area contributed by atoms with E-state index >= 15 is 0 Å². The summed E-state index contributed by atoms with van der Waals surface area (Å²) in [7, 11) is 0. The minimum Gasteiger partial charge on any atom is -0.488 e. The summed E-state index contributed by atoms with van der Waals surface area (Å²) in [6.07, 6.45) is 3.45. The van der Waals surface area contributed by atoms with Crippen LogP contribution in [-0.4, -0.2) is 15.9 Å². The van der Waals surface area contributed by atoms with Gasteiger partial charge in [0.2, 0.25) is 0 Å². The number of nitrogens with zero attached hydrogens (tertiary/aromatic N) is 2. The van der Waals surface area contributed by atoms with E-state index in [9.17, 15) is 4.79 Å². The Kier molecular flexibility index (Phi) is 5.77. The third kappa shape index (κ3) is 4.62. The molecule has 4 rings (SSSR count). The van der Waals surface area contributed by atoms with Crippen LogP contribution < -0.4 is 10.1 Å². The van der Waals surface area contributed by atoms with Crippen molar-refractivity contribution in [3.8, 4) is 23.2 Å². The van der Waals surface area contributed by atoms with Crippen molar-refractivity contribution in [1.29, 1.82) is 5.26 Å². The number of benzene rings is 3. The molecular weight excluding hydrogens is 388 g/mol. The van der Waals surface area contributed by atoms with E-state index in [1.807, 2.05) is 43.3 Å². The highest BCUT2D eigenvalue weighted by Gasteiger charge is 2.10. The van der Waals surface area contributed by atoms with Crippen LogP contribution in [-0.2, 0) is 6.61 Å². The number of carbonyl (C=O) groups excluding carboxylic acids is 1. The van der Waals surface area contributed by atoms with Gasteiger partial charge in [-0.25, -0.2) is 4.98 Å². The number of rotatable bonds is 6. The van der Waals surface area contributed by atoms with Crippen molar-refractivity contribution in [2.75, 3.05) is 5.32 Å². The zero-order chi connectivity index (χ0) is 21.6. The molecule has 1 amide bonds. The van der Waals surface area contributed by atoms with E-state index in [2.05, 4.69) is 21.4 Å². The molecule has 6 heteroatoms. The van der Waals surface area contributed by atoms with Crippen LogP contribution in [0.15, 0.2) is 79.1 Å². The molecule has 3 aromatic carbocycles. The summed E-state index contributed by atoms with van der Waals surface area (Å²) in [5.41, 5.74) is 4.54. The second-order valence-electron chi connectivity index (χ2n) is 7.02. The Morgan fingerprint density at radius 3 is 2.68 bits per heavy atom. The van der Waals surface area contributed by atoms with Crippen molar-refractivity contribution < 1.29 is 9.53 Å². The molecule has 0 bridgehead atoms. The molecule has 0 atom stereocenters. The van der Waals surface area contributed by atoms with E-state index in [4.69, 9.17) is 10.00 Å². The number of amides is 1. The number of nitriles is 1. The van der Waals surface area contributed by atoms with Gasteiger partial charge in [-0.1, -0.05) is 36.4 Å². The van der Waals surface area contributed by atoms with E-state index in [-0.39, 0.29) is 5.91 Å². The van der Waals surface area contributed by atoms with Gasteiger partial charge in [-0.2, -0.15) is 5.26 Å². The molecular formula is C25H20N4O2. The third-order valence-electron chi connectivity index (χ3n) is 4.88. The normalized spacial score (nSPS) is 10.3. The fourth-order valence-corrected chi connectivity index (χ4v) is 3.12. The Labute approximate surface area is 180 Å². The van der Waals surface area contributed by atoms with E-state index in [1.165, 1.54) is 0 Å². The number of para-hydroxylation sites is 1. The number of hydrogen-bond acceptors (Lipinski definition) is 4. The van der Waals surface area contributed by atoms with Crippen molar-refractivity contribution in [1.82, 2.24) is 9.97 Å². The fraction of sp³-hybridized carbons (Fsp3) is 0.0800. The zero-order valence-electron chi connectivity index (χ0n) is 16.9. The molecule has 152 valence electrons. The van der Waals surface area contributed by atoms with Gasteiger partial charge in [-0.15, -0.1) is 0 Å². The molecule has 2 N–H and O–H groups in total. The third-order valence-corrected chi connectivity index (χ3v) is 4.88. The zero-order valence-corrected chi connectivity index (χ0v) is 16.9. The van der Waals surface area contributed by atoms with Crippen molar-refractivity contribution in [3.63, 3.8) is 0 Å². The Morgan fingerprint density at radius 2 is 1.94 bits per heavy atom. The second-order valence-corrected chi connectivity index (χ2v) is 7.02. The Hall–Kier alpha value is -4.37. The first-order valence-corrected chi connectivity index (χ1v) is 9.76. The van der Waals surface area contributed by atoms with Gasteiger partial charge in [0.25, 0.3) is 5.91 Å². The molecule has 0 aliphatic rings. The molecule has 0 radical (unpaired) electrons. The highest BCUT2D eigenvalue weighted by atomic mass is 16.5. The fourth-order valence-electron chi connectivity index (χ4n) is 3.12. The summed E-state index contributed by atoms with van der Waals surface area (Å²) >= 11 is 0. The highest BCUT2D eigenvalue weighted by molar-refractivity contribution is 6.04. The first kappa shape index (κ1) is 19.9. The molecule has 1 aromatic heterocycles. The summed E-state index contributed by atoms with van der Waals surface area (Å²) < 4.78 is 5.74. The van der Waals surface area contributed by atoms with E-state index in [0.29, 0.717) is 23.5 Å². The minimum atomic E-state index is -0.193. The number of ether oxygens (including phenoxy) is 1. The van der Waals surface area contributed by atoms with Gasteiger partial charge >= 0.3 is 0 Å². The largest absolute Gasteiger partial charge is 0.488 e. The minimum absolute atomic E-state index is 0.193. The van der Waals surface area contributed by atoms with E-state index in [1.54, 1.807) is 42.7 Å². The van der Waals surface area contributed by atoms with Crippen molar-refractivity contribution in [2.24, 2.45) is 0 Å². The molecule has 0 aliphatic heterocycles. The number of aromatic nitrogens is 2. The molecule has 6 nitrogen and oxygen atoms in total. The SMILES string of the molecule is Cc1ccc(-c2ncc[nH]2)cc1NC(=O)c1ccc(COc2ccccc2C#N)cc1. The Morgan fingerprint density at radius 1 is 1.13 bits per heavy atom. The van der Waals surface area contributed by atoms with Crippen molar-refractivity contribution in [3.05, 3.63) is 101 Å². The average Bonchev–Trinajstić information content (AvgIpc) is 3.34. The number of carbonyl (C=O) groups is 1.